The molecule has 2 unspecified atom stereocenters. The Kier molecular flexibility index (Phi) is 4.56. The van der Waals surface area contributed by atoms with Gasteiger partial charge in [0.25, 0.3) is 0 Å². The van der Waals surface area contributed by atoms with Crippen LogP contribution in [0, 0.1) is 0 Å². The fourth-order valence-corrected chi connectivity index (χ4v) is 2.20. The normalized spacial score (nSPS) is 15.3. The van der Waals surface area contributed by atoms with E-state index in [0.29, 0.717) is 11.5 Å². The SMILES string of the molecule is CC(N)CCCC(C)c1nc2cc(C(F)(F)F)ccc2o1. The summed E-state index contributed by atoms with van der Waals surface area (Å²) in [6.45, 7) is 3.90. The number of hydrogen-bond donors (Lipinski definition) is 1. The van der Waals surface area contributed by atoms with Crippen LogP contribution in [0.15, 0.2) is 22.6 Å². The number of rotatable bonds is 5. The van der Waals surface area contributed by atoms with Gasteiger partial charge in [0.05, 0.1) is 5.56 Å². The third kappa shape index (κ3) is 3.97. The van der Waals surface area contributed by atoms with Gasteiger partial charge in [0.2, 0.25) is 0 Å². The number of benzene rings is 1. The highest BCUT2D eigenvalue weighted by Gasteiger charge is 2.31. The Balaban J connectivity index is 2.15. The number of alkyl halides is 3. The van der Waals surface area contributed by atoms with Crippen LogP contribution in [0.5, 0.6) is 0 Å². The molecule has 0 spiro atoms. The minimum Gasteiger partial charge on any atom is -0.440 e. The van der Waals surface area contributed by atoms with Crippen LogP contribution < -0.4 is 5.73 Å². The molecule has 2 rings (SSSR count). The second-order valence-electron chi connectivity index (χ2n) is 5.54. The van der Waals surface area contributed by atoms with Crippen molar-refractivity contribution in [2.75, 3.05) is 0 Å². The molecule has 0 bridgehead atoms. The monoisotopic (exact) mass is 300 g/mol. The van der Waals surface area contributed by atoms with E-state index in [-0.39, 0.29) is 17.5 Å². The maximum Gasteiger partial charge on any atom is 0.416 e. The Morgan fingerprint density at radius 1 is 1.24 bits per heavy atom. The molecule has 0 fully saturated rings. The number of oxazole rings is 1. The summed E-state index contributed by atoms with van der Waals surface area (Å²) in [5.74, 6) is 0.541. The third-order valence-electron chi connectivity index (χ3n) is 3.45. The van der Waals surface area contributed by atoms with E-state index >= 15 is 0 Å². The zero-order valence-corrected chi connectivity index (χ0v) is 12.1. The summed E-state index contributed by atoms with van der Waals surface area (Å²) in [5, 5.41) is 0. The molecule has 6 heteroatoms. The Labute approximate surface area is 121 Å². The van der Waals surface area contributed by atoms with Gasteiger partial charge in [-0.25, -0.2) is 4.98 Å². The number of hydrogen-bond acceptors (Lipinski definition) is 3. The van der Waals surface area contributed by atoms with E-state index < -0.39 is 11.7 Å². The molecule has 0 radical (unpaired) electrons. The van der Waals surface area contributed by atoms with E-state index in [1.807, 2.05) is 13.8 Å². The van der Waals surface area contributed by atoms with Crippen molar-refractivity contribution < 1.29 is 17.6 Å². The van der Waals surface area contributed by atoms with Crippen LogP contribution in [0.2, 0.25) is 0 Å². The molecule has 1 aromatic carbocycles. The molecular formula is C15H19F3N2O. The summed E-state index contributed by atoms with van der Waals surface area (Å²) in [7, 11) is 0. The molecule has 1 heterocycles. The van der Waals surface area contributed by atoms with Gasteiger partial charge < -0.3 is 10.2 Å². The largest absolute Gasteiger partial charge is 0.440 e. The maximum absolute atomic E-state index is 12.7. The Bertz CT molecular complexity index is 604. The molecule has 0 aliphatic carbocycles. The van der Waals surface area contributed by atoms with E-state index in [4.69, 9.17) is 10.2 Å². The molecule has 2 atom stereocenters. The van der Waals surface area contributed by atoms with Crippen molar-refractivity contribution in [3.63, 3.8) is 0 Å². The smallest absolute Gasteiger partial charge is 0.416 e. The molecule has 116 valence electrons. The van der Waals surface area contributed by atoms with Crippen molar-refractivity contribution in [2.45, 2.75) is 51.2 Å². The highest BCUT2D eigenvalue weighted by molar-refractivity contribution is 5.73. The van der Waals surface area contributed by atoms with Gasteiger partial charge in [0.15, 0.2) is 11.5 Å². The molecule has 0 aliphatic rings. The first kappa shape index (κ1) is 15.8. The van der Waals surface area contributed by atoms with Crippen LogP contribution in [-0.2, 0) is 6.18 Å². The van der Waals surface area contributed by atoms with Gasteiger partial charge in [-0.2, -0.15) is 13.2 Å². The lowest BCUT2D eigenvalue weighted by Crippen LogP contribution is -2.14. The lowest BCUT2D eigenvalue weighted by molar-refractivity contribution is -0.137. The number of aromatic nitrogens is 1. The fraction of sp³-hybridized carbons (Fsp3) is 0.533. The first-order valence-electron chi connectivity index (χ1n) is 7.00. The topological polar surface area (TPSA) is 52.0 Å². The standard InChI is InChI=1S/C15H19F3N2O/c1-9(4-3-5-10(2)19)14-20-12-8-11(15(16,17)18)6-7-13(12)21-14/h6-10H,3-5,19H2,1-2H3. The predicted octanol–water partition coefficient (Wildman–Crippen LogP) is 4.47. The van der Waals surface area contributed by atoms with Crippen molar-refractivity contribution in [1.29, 1.82) is 0 Å². The van der Waals surface area contributed by atoms with E-state index in [0.717, 1.165) is 31.4 Å². The Hall–Kier alpha value is -1.56. The van der Waals surface area contributed by atoms with E-state index in [9.17, 15) is 13.2 Å². The molecule has 21 heavy (non-hydrogen) atoms. The van der Waals surface area contributed by atoms with Crippen LogP contribution in [0.4, 0.5) is 13.2 Å². The molecule has 2 aromatic rings. The summed E-state index contributed by atoms with van der Waals surface area (Å²) in [6.07, 6.45) is -1.68. The summed E-state index contributed by atoms with van der Waals surface area (Å²) < 4.78 is 43.5. The summed E-state index contributed by atoms with van der Waals surface area (Å²) in [4.78, 5) is 4.19. The van der Waals surface area contributed by atoms with E-state index in [2.05, 4.69) is 4.98 Å². The van der Waals surface area contributed by atoms with Gasteiger partial charge in [0.1, 0.15) is 5.52 Å². The Morgan fingerprint density at radius 2 is 1.95 bits per heavy atom. The average molecular weight is 300 g/mol. The molecule has 2 N–H and O–H groups in total. The lowest BCUT2D eigenvalue weighted by Gasteiger charge is -2.08. The van der Waals surface area contributed by atoms with Gasteiger partial charge in [0, 0.05) is 12.0 Å². The average Bonchev–Trinajstić information content (AvgIpc) is 2.79. The van der Waals surface area contributed by atoms with Crippen molar-refractivity contribution in [2.24, 2.45) is 5.73 Å². The predicted molar refractivity (Wildman–Crippen MR) is 74.9 cm³/mol. The number of halogens is 3. The van der Waals surface area contributed by atoms with Crippen molar-refractivity contribution in [3.8, 4) is 0 Å². The van der Waals surface area contributed by atoms with Gasteiger partial charge >= 0.3 is 6.18 Å². The van der Waals surface area contributed by atoms with Gasteiger partial charge in [-0.05, 0) is 38.0 Å². The molecule has 0 amide bonds. The minimum absolute atomic E-state index is 0.0606. The quantitative estimate of drug-likeness (QED) is 0.886. The second kappa shape index (κ2) is 6.05. The van der Waals surface area contributed by atoms with Gasteiger partial charge in [-0.15, -0.1) is 0 Å². The number of nitrogens with zero attached hydrogens (tertiary/aromatic N) is 1. The minimum atomic E-state index is -4.36. The molecule has 1 aromatic heterocycles. The van der Waals surface area contributed by atoms with Crippen LogP contribution in [0.25, 0.3) is 11.1 Å². The highest BCUT2D eigenvalue weighted by Crippen LogP contribution is 2.32. The van der Waals surface area contributed by atoms with Crippen molar-refractivity contribution in [3.05, 3.63) is 29.7 Å². The zero-order valence-electron chi connectivity index (χ0n) is 12.1. The summed E-state index contributed by atoms with van der Waals surface area (Å²) in [6, 6.07) is 3.51. The molecule has 3 nitrogen and oxygen atoms in total. The van der Waals surface area contributed by atoms with Gasteiger partial charge in [-0.3, -0.25) is 0 Å². The summed E-state index contributed by atoms with van der Waals surface area (Å²) >= 11 is 0. The van der Waals surface area contributed by atoms with Crippen molar-refractivity contribution in [1.82, 2.24) is 4.98 Å². The maximum atomic E-state index is 12.7. The second-order valence-corrected chi connectivity index (χ2v) is 5.54. The molecule has 0 aliphatic heterocycles. The lowest BCUT2D eigenvalue weighted by atomic mass is 10.0. The van der Waals surface area contributed by atoms with Crippen LogP contribution in [-0.4, -0.2) is 11.0 Å². The van der Waals surface area contributed by atoms with Crippen LogP contribution in [0.3, 0.4) is 0 Å². The molecular weight excluding hydrogens is 281 g/mol. The fourth-order valence-electron chi connectivity index (χ4n) is 2.20. The molecule has 0 saturated carbocycles. The highest BCUT2D eigenvalue weighted by atomic mass is 19.4. The van der Waals surface area contributed by atoms with E-state index in [1.54, 1.807) is 0 Å². The first-order valence-corrected chi connectivity index (χ1v) is 7.00. The Morgan fingerprint density at radius 3 is 2.57 bits per heavy atom. The first-order chi connectivity index (χ1) is 9.77. The molecule has 0 saturated heterocycles. The zero-order chi connectivity index (χ0) is 15.6. The number of fused-ring (bicyclic) bond motifs is 1. The third-order valence-corrected chi connectivity index (χ3v) is 3.45. The number of nitrogens with two attached hydrogens (primary N) is 1. The van der Waals surface area contributed by atoms with E-state index in [1.165, 1.54) is 6.07 Å². The van der Waals surface area contributed by atoms with Gasteiger partial charge in [-0.1, -0.05) is 13.3 Å². The van der Waals surface area contributed by atoms with Crippen molar-refractivity contribution >= 4 is 11.1 Å². The van der Waals surface area contributed by atoms with Crippen LogP contribution >= 0.6 is 0 Å². The summed E-state index contributed by atoms with van der Waals surface area (Å²) in [5.41, 5.74) is 5.62. The van der Waals surface area contributed by atoms with Crippen LogP contribution in [0.1, 0.15) is 50.5 Å².